The summed E-state index contributed by atoms with van der Waals surface area (Å²) < 4.78 is 5.90. The van der Waals surface area contributed by atoms with Gasteiger partial charge >= 0.3 is 5.97 Å². The van der Waals surface area contributed by atoms with Crippen LogP contribution in [0.25, 0.3) is 0 Å². The van der Waals surface area contributed by atoms with Crippen molar-refractivity contribution in [2.24, 2.45) is 0 Å². The van der Waals surface area contributed by atoms with Crippen molar-refractivity contribution in [3.63, 3.8) is 0 Å². The fraction of sp³-hybridized carbons (Fsp3) is 0.417. The highest BCUT2D eigenvalue weighted by molar-refractivity contribution is 5.83. The zero-order valence-corrected chi connectivity index (χ0v) is 11.4. The van der Waals surface area contributed by atoms with E-state index < -0.39 is 34.9 Å². The summed E-state index contributed by atoms with van der Waals surface area (Å²) in [5.41, 5.74) is -0.914. The van der Waals surface area contributed by atoms with Crippen LogP contribution in [-0.2, 0) is 20.9 Å². The third-order valence-electron chi connectivity index (χ3n) is 3.22. The highest BCUT2D eigenvalue weighted by Gasteiger charge is 2.32. The monoisotopic (exact) mass is 311 g/mol. The van der Waals surface area contributed by atoms with Crippen molar-refractivity contribution in [2.75, 3.05) is 19.8 Å². The second kappa shape index (κ2) is 6.35. The molecular formula is C12H13N3O7. The molecule has 0 bridgehead atoms. The molecule has 0 radical (unpaired) electrons. The number of rotatable bonds is 4. The molecule has 0 spiro atoms. The lowest BCUT2D eigenvalue weighted by Crippen LogP contribution is -2.53. The van der Waals surface area contributed by atoms with Crippen molar-refractivity contribution < 1.29 is 24.4 Å². The van der Waals surface area contributed by atoms with E-state index in [4.69, 9.17) is 9.84 Å². The predicted octanol–water partition coefficient (Wildman–Crippen LogP) is -0.931. The van der Waals surface area contributed by atoms with Gasteiger partial charge in [-0.05, 0) is 0 Å². The van der Waals surface area contributed by atoms with Gasteiger partial charge in [0, 0.05) is 18.7 Å². The molecule has 10 nitrogen and oxygen atoms in total. The van der Waals surface area contributed by atoms with E-state index in [0.717, 1.165) is 27.8 Å². The lowest BCUT2D eigenvalue weighted by atomic mass is 10.2. The first-order chi connectivity index (χ1) is 10.4. The van der Waals surface area contributed by atoms with Crippen molar-refractivity contribution in [1.29, 1.82) is 0 Å². The van der Waals surface area contributed by atoms with Crippen LogP contribution in [0.4, 0.5) is 5.69 Å². The van der Waals surface area contributed by atoms with Gasteiger partial charge in [-0.3, -0.25) is 24.3 Å². The summed E-state index contributed by atoms with van der Waals surface area (Å²) >= 11 is 0. The molecule has 2 rings (SSSR count). The number of carboxylic acid groups (broad SMARTS) is 1. The van der Waals surface area contributed by atoms with Crippen LogP contribution in [-0.4, -0.2) is 57.2 Å². The number of morpholine rings is 1. The molecule has 10 heteroatoms. The topological polar surface area (TPSA) is 132 Å². The minimum absolute atomic E-state index is 0.0828. The molecule has 1 unspecified atom stereocenters. The normalized spacial score (nSPS) is 18.0. The van der Waals surface area contributed by atoms with Gasteiger partial charge in [-0.15, -0.1) is 0 Å². The molecule has 1 N–H and O–H groups in total. The molecule has 0 saturated carbocycles. The van der Waals surface area contributed by atoms with Gasteiger partial charge in [0.1, 0.15) is 6.54 Å². The number of nitrogens with zero attached hydrogens (tertiary/aromatic N) is 3. The van der Waals surface area contributed by atoms with Gasteiger partial charge in [0.2, 0.25) is 5.91 Å². The van der Waals surface area contributed by atoms with E-state index in [-0.39, 0.29) is 25.4 Å². The van der Waals surface area contributed by atoms with E-state index >= 15 is 0 Å². The van der Waals surface area contributed by atoms with Gasteiger partial charge < -0.3 is 14.7 Å². The van der Waals surface area contributed by atoms with E-state index in [1.54, 1.807) is 0 Å². The van der Waals surface area contributed by atoms with Crippen LogP contribution in [0.1, 0.15) is 0 Å². The van der Waals surface area contributed by atoms with Crippen LogP contribution in [0.15, 0.2) is 23.1 Å². The predicted molar refractivity (Wildman–Crippen MR) is 71.3 cm³/mol. The van der Waals surface area contributed by atoms with Gasteiger partial charge in [0.05, 0.1) is 24.3 Å². The standard InChI is InChI=1S/C12H13N3O7/c16-10-2-1-8(15(20)21)5-13(10)6-11(17)14-3-4-22-7-9(14)12(18)19/h1-2,5,9H,3-4,6-7H2,(H,18,19). The Balaban J connectivity index is 2.20. The molecule has 1 amide bonds. The number of hydrogen-bond acceptors (Lipinski definition) is 6. The van der Waals surface area contributed by atoms with E-state index in [9.17, 15) is 24.5 Å². The summed E-state index contributed by atoms with van der Waals surface area (Å²) in [6.07, 6.45) is 0.955. The second-order valence-electron chi connectivity index (χ2n) is 4.63. The van der Waals surface area contributed by atoms with Gasteiger partial charge in [-0.1, -0.05) is 0 Å². The van der Waals surface area contributed by atoms with Crippen molar-refractivity contribution in [1.82, 2.24) is 9.47 Å². The number of ether oxygens (including phenoxy) is 1. The number of nitro groups is 1. The maximum atomic E-state index is 12.2. The summed E-state index contributed by atoms with van der Waals surface area (Å²) in [7, 11) is 0. The molecule has 1 atom stereocenters. The number of aromatic nitrogens is 1. The molecule has 118 valence electrons. The quantitative estimate of drug-likeness (QED) is 0.561. The Morgan fingerprint density at radius 3 is 2.82 bits per heavy atom. The fourth-order valence-electron chi connectivity index (χ4n) is 2.09. The minimum Gasteiger partial charge on any atom is -0.480 e. The average molecular weight is 311 g/mol. The lowest BCUT2D eigenvalue weighted by molar-refractivity contribution is -0.385. The molecule has 1 saturated heterocycles. The number of carboxylic acids is 1. The third-order valence-corrected chi connectivity index (χ3v) is 3.22. The molecule has 1 aliphatic rings. The smallest absolute Gasteiger partial charge is 0.328 e. The Morgan fingerprint density at radius 1 is 1.45 bits per heavy atom. The number of amides is 1. The van der Waals surface area contributed by atoms with Gasteiger partial charge in [-0.2, -0.15) is 0 Å². The highest BCUT2D eigenvalue weighted by atomic mass is 16.6. The van der Waals surface area contributed by atoms with Crippen molar-refractivity contribution in [2.45, 2.75) is 12.6 Å². The van der Waals surface area contributed by atoms with E-state index in [2.05, 4.69) is 0 Å². The maximum Gasteiger partial charge on any atom is 0.328 e. The van der Waals surface area contributed by atoms with Crippen LogP contribution in [0.3, 0.4) is 0 Å². The molecule has 1 aromatic rings. The van der Waals surface area contributed by atoms with E-state index in [1.165, 1.54) is 0 Å². The van der Waals surface area contributed by atoms with Crippen molar-refractivity contribution >= 4 is 17.6 Å². The number of hydrogen-bond donors (Lipinski definition) is 1. The number of pyridine rings is 1. The summed E-state index contributed by atoms with van der Waals surface area (Å²) in [5, 5.41) is 19.8. The van der Waals surface area contributed by atoms with Gasteiger partial charge in [0.25, 0.3) is 11.2 Å². The Labute approximate surface area is 123 Å². The Hall–Kier alpha value is -2.75. The molecule has 22 heavy (non-hydrogen) atoms. The Bertz CT molecular complexity index is 669. The Kier molecular flexibility index (Phi) is 4.51. The van der Waals surface area contributed by atoms with Crippen LogP contribution in [0.5, 0.6) is 0 Å². The van der Waals surface area contributed by atoms with Crippen molar-refractivity contribution in [3.8, 4) is 0 Å². The minimum atomic E-state index is -1.21. The summed E-state index contributed by atoms with van der Waals surface area (Å²) in [5.74, 6) is -1.82. The molecule has 2 heterocycles. The van der Waals surface area contributed by atoms with Gasteiger partial charge in [0.15, 0.2) is 6.04 Å². The average Bonchev–Trinajstić information content (AvgIpc) is 2.49. The number of carbonyl (C=O) groups is 2. The van der Waals surface area contributed by atoms with Gasteiger partial charge in [-0.25, -0.2) is 4.79 Å². The maximum absolute atomic E-state index is 12.2. The molecule has 1 aliphatic heterocycles. The third kappa shape index (κ3) is 3.28. The van der Waals surface area contributed by atoms with E-state index in [0.29, 0.717) is 0 Å². The SMILES string of the molecule is O=C(O)C1COCCN1C(=O)Cn1cc([N+](=O)[O-])ccc1=O. The van der Waals surface area contributed by atoms with Crippen LogP contribution in [0.2, 0.25) is 0 Å². The molecule has 0 aliphatic carbocycles. The number of aliphatic carboxylic acids is 1. The molecule has 1 aromatic heterocycles. The first-order valence-corrected chi connectivity index (χ1v) is 6.35. The number of carbonyl (C=O) groups excluding carboxylic acids is 1. The van der Waals surface area contributed by atoms with Crippen molar-refractivity contribution in [3.05, 3.63) is 38.8 Å². The van der Waals surface area contributed by atoms with E-state index in [1.807, 2.05) is 0 Å². The highest BCUT2D eigenvalue weighted by Crippen LogP contribution is 2.10. The van der Waals surface area contributed by atoms with Crippen LogP contribution >= 0.6 is 0 Å². The fourth-order valence-corrected chi connectivity index (χ4v) is 2.09. The lowest BCUT2D eigenvalue weighted by Gasteiger charge is -2.32. The Morgan fingerprint density at radius 2 is 2.18 bits per heavy atom. The zero-order valence-electron chi connectivity index (χ0n) is 11.4. The molecule has 0 aromatic carbocycles. The summed E-state index contributed by atoms with van der Waals surface area (Å²) in [6.45, 7) is -0.325. The van der Waals surface area contributed by atoms with Crippen LogP contribution in [0, 0.1) is 10.1 Å². The molecule has 1 fully saturated rings. The summed E-state index contributed by atoms with van der Waals surface area (Å²) in [6, 6.07) is 0.896. The first kappa shape index (κ1) is 15.6. The molecular weight excluding hydrogens is 298 g/mol. The van der Waals surface area contributed by atoms with Crippen LogP contribution < -0.4 is 5.56 Å². The largest absolute Gasteiger partial charge is 0.480 e. The first-order valence-electron chi connectivity index (χ1n) is 6.35. The second-order valence-corrected chi connectivity index (χ2v) is 4.63. The zero-order chi connectivity index (χ0) is 16.3. The summed E-state index contributed by atoms with van der Waals surface area (Å²) in [4.78, 5) is 46.1.